The van der Waals surface area contributed by atoms with E-state index in [-0.39, 0.29) is 0 Å². The normalized spacial score (nSPS) is 11.1. The van der Waals surface area contributed by atoms with Crippen LogP contribution in [0.15, 0.2) is 85.6 Å². The Balaban J connectivity index is 1.51. The fourth-order valence-corrected chi connectivity index (χ4v) is 3.70. The van der Waals surface area contributed by atoms with Crippen molar-refractivity contribution >= 4 is 23.1 Å². The lowest BCUT2D eigenvalue weighted by Crippen LogP contribution is -2.10. The summed E-state index contributed by atoms with van der Waals surface area (Å²) in [6.07, 6.45) is 8.44. The van der Waals surface area contributed by atoms with Crippen molar-refractivity contribution in [2.24, 2.45) is 0 Å². The van der Waals surface area contributed by atoms with Crippen molar-refractivity contribution in [1.29, 1.82) is 0 Å². The number of anilines is 1. The molecule has 0 aliphatic rings. The number of aromatic nitrogens is 5. The third-order valence-corrected chi connectivity index (χ3v) is 5.41. The second kappa shape index (κ2) is 8.62. The first-order valence-electron chi connectivity index (χ1n) is 10.2. The molecular formula is C24H21ClN6. The Morgan fingerprint density at radius 2 is 1.81 bits per heavy atom. The van der Waals surface area contributed by atoms with E-state index >= 15 is 0 Å². The van der Waals surface area contributed by atoms with Gasteiger partial charge in [-0.2, -0.15) is 9.61 Å². The van der Waals surface area contributed by atoms with Gasteiger partial charge in [-0.3, -0.25) is 0 Å². The zero-order chi connectivity index (χ0) is 21.0. The zero-order valence-corrected chi connectivity index (χ0v) is 17.6. The summed E-state index contributed by atoms with van der Waals surface area (Å²) in [5.41, 5.74) is 4.77. The number of nitrogens with zero attached hydrogens (tertiary/aromatic N) is 5. The molecule has 2 aromatic carbocycles. The van der Waals surface area contributed by atoms with Gasteiger partial charge in [-0.15, -0.1) is 0 Å². The fraction of sp³-hybridized carbons (Fsp3) is 0.125. The minimum absolute atomic E-state index is 0.707. The van der Waals surface area contributed by atoms with E-state index in [1.165, 1.54) is 0 Å². The number of imidazole rings is 1. The summed E-state index contributed by atoms with van der Waals surface area (Å²) in [5.74, 6) is 0.912. The molecule has 154 valence electrons. The number of rotatable bonds is 7. The molecule has 0 spiro atoms. The first-order valence-corrected chi connectivity index (χ1v) is 10.6. The van der Waals surface area contributed by atoms with Gasteiger partial charge in [0.2, 0.25) is 0 Å². The zero-order valence-electron chi connectivity index (χ0n) is 16.8. The molecule has 3 heterocycles. The number of nitrogens with one attached hydrogen (secondary N) is 1. The number of aryl methyl sites for hydroxylation is 1. The quantitative estimate of drug-likeness (QED) is 0.352. The third-order valence-electron chi connectivity index (χ3n) is 5.15. The van der Waals surface area contributed by atoms with Crippen LogP contribution >= 0.6 is 11.6 Å². The summed E-state index contributed by atoms with van der Waals surface area (Å²) in [7, 11) is 0. The summed E-state index contributed by atoms with van der Waals surface area (Å²) in [6, 6.07) is 20.0. The summed E-state index contributed by atoms with van der Waals surface area (Å²) in [4.78, 5) is 9.04. The summed E-state index contributed by atoms with van der Waals surface area (Å²) < 4.78 is 3.94. The largest absolute Gasteiger partial charge is 0.370 e. The van der Waals surface area contributed by atoms with E-state index in [1.54, 1.807) is 6.20 Å². The molecule has 0 aliphatic heterocycles. The Labute approximate surface area is 185 Å². The Morgan fingerprint density at radius 3 is 2.58 bits per heavy atom. The highest BCUT2D eigenvalue weighted by Gasteiger charge is 2.14. The number of hydrogen-bond acceptors (Lipinski definition) is 4. The van der Waals surface area contributed by atoms with Gasteiger partial charge in [0.25, 0.3) is 0 Å². The lowest BCUT2D eigenvalue weighted by Gasteiger charge is -2.12. The van der Waals surface area contributed by atoms with Crippen molar-refractivity contribution in [1.82, 2.24) is 24.1 Å². The van der Waals surface area contributed by atoms with Gasteiger partial charge >= 0.3 is 0 Å². The average Bonchev–Trinajstić information content (AvgIpc) is 3.48. The maximum absolute atomic E-state index is 6.08. The molecule has 0 bridgehead atoms. The highest BCUT2D eigenvalue weighted by atomic mass is 35.5. The molecule has 0 atom stereocenters. The van der Waals surface area contributed by atoms with E-state index in [1.807, 2.05) is 65.7 Å². The van der Waals surface area contributed by atoms with Crippen LogP contribution in [0.5, 0.6) is 0 Å². The van der Waals surface area contributed by atoms with E-state index in [0.29, 0.717) is 5.02 Å². The standard InChI is InChI=1S/C24H21ClN6/c25-20-9-7-18(8-10-20)21-16-28-31-23(27-11-4-13-30-14-12-26-17-30)15-22(29-24(21)31)19-5-2-1-3-6-19/h1-3,5-10,12,14-17,27H,4,11,13H2. The Kier molecular flexibility index (Phi) is 5.37. The summed E-state index contributed by atoms with van der Waals surface area (Å²) in [6.45, 7) is 1.71. The van der Waals surface area contributed by atoms with Crippen LogP contribution in [0.3, 0.4) is 0 Å². The van der Waals surface area contributed by atoms with E-state index in [4.69, 9.17) is 16.6 Å². The molecule has 31 heavy (non-hydrogen) atoms. The van der Waals surface area contributed by atoms with Crippen molar-refractivity contribution in [2.75, 3.05) is 11.9 Å². The smallest absolute Gasteiger partial charge is 0.165 e. The van der Waals surface area contributed by atoms with E-state index in [0.717, 1.165) is 53.4 Å². The predicted octanol–water partition coefficient (Wildman–Crippen LogP) is 5.42. The Hall–Kier alpha value is -3.64. The molecule has 0 aliphatic carbocycles. The maximum Gasteiger partial charge on any atom is 0.165 e. The van der Waals surface area contributed by atoms with Crippen LogP contribution in [0.1, 0.15) is 6.42 Å². The van der Waals surface area contributed by atoms with Crippen LogP contribution in [0.25, 0.3) is 28.0 Å². The second-order valence-corrected chi connectivity index (χ2v) is 7.71. The van der Waals surface area contributed by atoms with Crippen molar-refractivity contribution in [3.8, 4) is 22.4 Å². The monoisotopic (exact) mass is 428 g/mol. The average molecular weight is 429 g/mol. The van der Waals surface area contributed by atoms with E-state index < -0.39 is 0 Å². The molecule has 0 unspecified atom stereocenters. The van der Waals surface area contributed by atoms with Crippen LogP contribution in [-0.4, -0.2) is 30.7 Å². The second-order valence-electron chi connectivity index (χ2n) is 7.27. The summed E-state index contributed by atoms with van der Waals surface area (Å²) >= 11 is 6.08. The number of halogens is 1. The van der Waals surface area contributed by atoms with Crippen LogP contribution in [0.4, 0.5) is 5.82 Å². The van der Waals surface area contributed by atoms with E-state index in [2.05, 4.69) is 38.2 Å². The number of benzene rings is 2. The van der Waals surface area contributed by atoms with Gasteiger partial charge in [0.1, 0.15) is 5.82 Å². The molecule has 0 saturated carbocycles. The van der Waals surface area contributed by atoms with Gasteiger partial charge in [0.15, 0.2) is 5.65 Å². The molecule has 3 aromatic heterocycles. The molecule has 0 amide bonds. The van der Waals surface area contributed by atoms with Crippen molar-refractivity contribution in [2.45, 2.75) is 13.0 Å². The van der Waals surface area contributed by atoms with Crippen LogP contribution in [0.2, 0.25) is 5.02 Å². The summed E-state index contributed by atoms with van der Waals surface area (Å²) in [5, 5.41) is 8.87. The first-order chi connectivity index (χ1) is 15.3. The minimum atomic E-state index is 0.707. The lowest BCUT2D eigenvalue weighted by atomic mass is 10.1. The SMILES string of the molecule is Clc1ccc(-c2cnn3c(NCCCn4ccnc4)cc(-c4ccccc4)nc23)cc1. The molecule has 0 fully saturated rings. The molecule has 5 rings (SSSR count). The topological polar surface area (TPSA) is 60.0 Å². The minimum Gasteiger partial charge on any atom is -0.370 e. The molecule has 6 nitrogen and oxygen atoms in total. The molecule has 0 saturated heterocycles. The number of fused-ring (bicyclic) bond motifs is 1. The molecule has 1 N–H and O–H groups in total. The third kappa shape index (κ3) is 4.15. The highest BCUT2D eigenvalue weighted by Crippen LogP contribution is 2.29. The number of hydrogen-bond donors (Lipinski definition) is 1. The first kappa shape index (κ1) is 19.3. The molecular weight excluding hydrogens is 408 g/mol. The maximum atomic E-state index is 6.08. The van der Waals surface area contributed by atoms with E-state index in [9.17, 15) is 0 Å². The fourth-order valence-electron chi connectivity index (χ4n) is 3.58. The highest BCUT2D eigenvalue weighted by molar-refractivity contribution is 6.30. The predicted molar refractivity (Wildman–Crippen MR) is 124 cm³/mol. The van der Waals surface area contributed by atoms with Gasteiger partial charge < -0.3 is 9.88 Å². The molecule has 0 radical (unpaired) electrons. The van der Waals surface area contributed by atoms with Crippen LogP contribution in [0, 0.1) is 0 Å². The Bertz CT molecular complexity index is 1280. The van der Waals surface area contributed by atoms with Gasteiger partial charge in [-0.05, 0) is 24.1 Å². The van der Waals surface area contributed by atoms with Gasteiger partial charge in [-0.1, -0.05) is 54.1 Å². The van der Waals surface area contributed by atoms with Gasteiger partial charge in [0.05, 0.1) is 18.2 Å². The van der Waals surface area contributed by atoms with Crippen molar-refractivity contribution < 1.29 is 0 Å². The lowest BCUT2D eigenvalue weighted by molar-refractivity contribution is 0.659. The van der Waals surface area contributed by atoms with Crippen LogP contribution in [-0.2, 0) is 6.54 Å². The van der Waals surface area contributed by atoms with Crippen molar-refractivity contribution in [3.05, 3.63) is 90.6 Å². The van der Waals surface area contributed by atoms with Crippen LogP contribution < -0.4 is 5.32 Å². The van der Waals surface area contributed by atoms with Gasteiger partial charge in [0, 0.05) is 47.7 Å². The molecule has 7 heteroatoms. The van der Waals surface area contributed by atoms with Crippen molar-refractivity contribution in [3.63, 3.8) is 0 Å². The van der Waals surface area contributed by atoms with Gasteiger partial charge in [-0.25, -0.2) is 9.97 Å². The molecule has 5 aromatic rings. The Morgan fingerprint density at radius 1 is 0.968 bits per heavy atom.